The summed E-state index contributed by atoms with van der Waals surface area (Å²) in [6, 6.07) is 0. The van der Waals surface area contributed by atoms with Gasteiger partial charge in [-0.3, -0.25) is 0 Å². The highest BCUT2D eigenvalue weighted by atomic mass is 32.2. The molecule has 1 aliphatic rings. The molecule has 0 bridgehead atoms. The second kappa shape index (κ2) is 2.05. The van der Waals surface area contributed by atoms with Crippen LogP contribution in [0.15, 0.2) is 0 Å². The normalized spacial score (nSPS) is 42.0. The van der Waals surface area contributed by atoms with Gasteiger partial charge in [0.05, 0.1) is 6.10 Å². The van der Waals surface area contributed by atoms with Crippen LogP contribution in [0.5, 0.6) is 0 Å². The predicted octanol–water partition coefficient (Wildman–Crippen LogP) is 0.873. The van der Waals surface area contributed by atoms with Crippen molar-refractivity contribution in [2.45, 2.75) is 24.7 Å². The Hall–Kier alpha value is 0.310. The largest absolute Gasteiger partial charge is 0.392 e. The van der Waals surface area contributed by atoms with Gasteiger partial charge in [-0.25, -0.2) is 0 Å². The zero-order valence-corrected chi connectivity index (χ0v) is 5.24. The van der Waals surface area contributed by atoms with E-state index in [2.05, 4.69) is 6.92 Å². The Balaban J connectivity index is 2.33. The summed E-state index contributed by atoms with van der Waals surface area (Å²) >= 11 is 1.86. The van der Waals surface area contributed by atoms with Crippen molar-refractivity contribution >= 4 is 11.8 Å². The predicted molar refractivity (Wildman–Crippen MR) is 32.5 cm³/mol. The van der Waals surface area contributed by atoms with Gasteiger partial charge in [-0.2, -0.15) is 11.8 Å². The molecule has 1 aliphatic heterocycles. The number of aliphatic hydroxyl groups is 1. The number of aliphatic hydroxyl groups excluding tert-OH is 1. The van der Waals surface area contributed by atoms with Gasteiger partial charge in [-0.1, -0.05) is 6.92 Å². The maximum Gasteiger partial charge on any atom is 0.0663 e. The van der Waals surface area contributed by atoms with Crippen molar-refractivity contribution in [2.75, 3.05) is 5.75 Å². The minimum atomic E-state index is -0.0231. The van der Waals surface area contributed by atoms with E-state index in [4.69, 9.17) is 5.11 Å². The molecule has 2 atom stereocenters. The van der Waals surface area contributed by atoms with E-state index in [0.717, 1.165) is 12.2 Å². The van der Waals surface area contributed by atoms with Gasteiger partial charge < -0.3 is 5.11 Å². The van der Waals surface area contributed by atoms with E-state index in [0.29, 0.717) is 5.25 Å². The third kappa shape index (κ3) is 1.10. The average molecular weight is 118 g/mol. The summed E-state index contributed by atoms with van der Waals surface area (Å²) < 4.78 is 0. The standard InChI is InChI=1S/C5H10OS/c1-4-5(6)2-3-7-4/h4-6H,2-3H2,1H3/t4-,5+/m1/s1. The summed E-state index contributed by atoms with van der Waals surface area (Å²) in [5, 5.41) is 9.46. The highest BCUT2D eigenvalue weighted by Gasteiger charge is 2.20. The molecule has 0 radical (unpaired) electrons. The molecule has 1 fully saturated rings. The second-order valence-electron chi connectivity index (χ2n) is 1.93. The Morgan fingerprint density at radius 1 is 1.71 bits per heavy atom. The molecule has 1 N–H and O–H groups in total. The van der Waals surface area contributed by atoms with Gasteiger partial charge in [-0.05, 0) is 12.2 Å². The molecule has 0 aromatic carbocycles. The summed E-state index contributed by atoms with van der Waals surface area (Å²) in [7, 11) is 0. The van der Waals surface area contributed by atoms with Crippen molar-refractivity contribution < 1.29 is 5.11 Å². The second-order valence-corrected chi connectivity index (χ2v) is 3.42. The van der Waals surface area contributed by atoms with Crippen LogP contribution in [-0.4, -0.2) is 22.2 Å². The molecule has 0 aromatic rings. The average Bonchev–Trinajstić information content (AvgIpc) is 1.91. The number of rotatable bonds is 0. The lowest BCUT2D eigenvalue weighted by Crippen LogP contribution is -2.11. The van der Waals surface area contributed by atoms with Crippen molar-refractivity contribution in [3.63, 3.8) is 0 Å². The first-order valence-electron chi connectivity index (χ1n) is 2.60. The van der Waals surface area contributed by atoms with Crippen LogP contribution in [-0.2, 0) is 0 Å². The molecule has 1 nitrogen and oxygen atoms in total. The minimum absolute atomic E-state index is 0.0231. The molecule has 0 amide bonds. The van der Waals surface area contributed by atoms with E-state index >= 15 is 0 Å². The Morgan fingerprint density at radius 3 is 2.57 bits per heavy atom. The van der Waals surface area contributed by atoms with E-state index in [-0.39, 0.29) is 6.10 Å². The maximum atomic E-state index is 8.98. The SMILES string of the molecule is C[C@H]1SCC[C@@H]1O. The Kier molecular flexibility index (Phi) is 1.60. The van der Waals surface area contributed by atoms with E-state index in [9.17, 15) is 0 Å². The van der Waals surface area contributed by atoms with Gasteiger partial charge in [0.2, 0.25) is 0 Å². The van der Waals surface area contributed by atoms with Crippen molar-refractivity contribution in [3.05, 3.63) is 0 Å². The summed E-state index contributed by atoms with van der Waals surface area (Å²) in [6.07, 6.45) is 0.969. The third-order valence-electron chi connectivity index (χ3n) is 1.34. The van der Waals surface area contributed by atoms with Crippen molar-refractivity contribution in [1.29, 1.82) is 0 Å². The van der Waals surface area contributed by atoms with Gasteiger partial charge in [0.15, 0.2) is 0 Å². The molecule has 0 spiro atoms. The smallest absolute Gasteiger partial charge is 0.0663 e. The van der Waals surface area contributed by atoms with Crippen molar-refractivity contribution in [3.8, 4) is 0 Å². The summed E-state index contributed by atoms with van der Waals surface area (Å²) in [6.45, 7) is 2.07. The number of hydrogen-bond donors (Lipinski definition) is 1. The molecule has 7 heavy (non-hydrogen) atoms. The van der Waals surface area contributed by atoms with Gasteiger partial charge >= 0.3 is 0 Å². The molecule has 42 valence electrons. The van der Waals surface area contributed by atoms with E-state index < -0.39 is 0 Å². The fourth-order valence-corrected chi connectivity index (χ4v) is 1.83. The Morgan fingerprint density at radius 2 is 2.43 bits per heavy atom. The highest BCUT2D eigenvalue weighted by molar-refractivity contribution is 8.00. The van der Waals surface area contributed by atoms with Crippen LogP contribution in [0.2, 0.25) is 0 Å². The van der Waals surface area contributed by atoms with Crippen LogP contribution in [0.25, 0.3) is 0 Å². The van der Waals surface area contributed by atoms with Gasteiger partial charge in [0.1, 0.15) is 0 Å². The molecular formula is C5H10OS. The van der Waals surface area contributed by atoms with Gasteiger partial charge in [-0.15, -0.1) is 0 Å². The van der Waals surface area contributed by atoms with Crippen LogP contribution < -0.4 is 0 Å². The van der Waals surface area contributed by atoms with Crippen molar-refractivity contribution in [2.24, 2.45) is 0 Å². The monoisotopic (exact) mass is 118 g/mol. The third-order valence-corrected chi connectivity index (χ3v) is 2.65. The minimum Gasteiger partial charge on any atom is -0.392 e. The summed E-state index contributed by atoms with van der Waals surface area (Å²) in [4.78, 5) is 0. The lowest BCUT2D eigenvalue weighted by Gasteiger charge is -2.03. The topological polar surface area (TPSA) is 20.2 Å². The Bertz CT molecular complexity index is 57.1. The van der Waals surface area contributed by atoms with Crippen molar-refractivity contribution in [1.82, 2.24) is 0 Å². The number of thioether (sulfide) groups is 1. The van der Waals surface area contributed by atoms with Crippen LogP contribution >= 0.6 is 11.8 Å². The van der Waals surface area contributed by atoms with E-state index in [1.54, 1.807) is 0 Å². The summed E-state index contributed by atoms with van der Waals surface area (Å²) in [5.41, 5.74) is 0. The molecule has 2 heteroatoms. The molecule has 1 heterocycles. The van der Waals surface area contributed by atoms with Gasteiger partial charge in [0, 0.05) is 5.25 Å². The maximum absolute atomic E-state index is 8.98. The van der Waals surface area contributed by atoms with Crippen LogP contribution in [0.4, 0.5) is 0 Å². The molecule has 0 saturated carbocycles. The first-order chi connectivity index (χ1) is 3.30. The summed E-state index contributed by atoms with van der Waals surface area (Å²) in [5.74, 6) is 1.14. The highest BCUT2D eigenvalue weighted by Crippen LogP contribution is 2.25. The first kappa shape index (κ1) is 5.45. The van der Waals surface area contributed by atoms with Crippen LogP contribution in [0.1, 0.15) is 13.3 Å². The van der Waals surface area contributed by atoms with Gasteiger partial charge in [0.25, 0.3) is 0 Å². The zero-order valence-electron chi connectivity index (χ0n) is 4.42. The lowest BCUT2D eigenvalue weighted by atomic mass is 10.2. The fraction of sp³-hybridized carbons (Fsp3) is 1.00. The quantitative estimate of drug-likeness (QED) is 0.509. The van der Waals surface area contributed by atoms with E-state index in [1.807, 2.05) is 11.8 Å². The molecule has 0 aliphatic carbocycles. The molecule has 1 saturated heterocycles. The molecular weight excluding hydrogens is 108 g/mol. The zero-order chi connectivity index (χ0) is 5.28. The van der Waals surface area contributed by atoms with Crippen LogP contribution in [0, 0.1) is 0 Å². The Labute approximate surface area is 48.1 Å². The molecule has 0 unspecified atom stereocenters. The lowest BCUT2D eigenvalue weighted by molar-refractivity contribution is 0.180. The fourth-order valence-electron chi connectivity index (χ4n) is 0.720. The molecule has 1 rings (SSSR count). The first-order valence-corrected chi connectivity index (χ1v) is 3.65. The van der Waals surface area contributed by atoms with Crippen LogP contribution in [0.3, 0.4) is 0 Å². The number of hydrogen-bond acceptors (Lipinski definition) is 2. The molecule has 0 aromatic heterocycles. The van der Waals surface area contributed by atoms with E-state index in [1.165, 1.54) is 0 Å².